The van der Waals surface area contributed by atoms with Crippen molar-refractivity contribution < 1.29 is 38.8 Å². The fourth-order valence-electron chi connectivity index (χ4n) is 3.31. The molecule has 38 heavy (non-hydrogen) atoms. The van der Waals surface area contributed by atoms with Crippen LogP contribution in [-0.4, -0.2) is 62.2 Å². The number of rotatable bonds is 14. The van der Waals surface area contributed by atoms with Gasteiger partial charge in [0.05, 0.1) is 19.6 Å². The minimum atomic E-state index is -1.21. The van der Waals surface area contributed by atoms with Crippen LogP contribution in [0.3, 0.4) is 0 Å². The quantitative estimate of drug-likeness (QED) is 0.172. The molecule has 0 radical (unpaired) electrons. The highest BCUT2D eigenvalue weighted by molar-refractivity contribution is 7.10. The maximum Gasteiger partial charge on any atom is 0.358 e. The second kappa shape index (κ2) is 14.5. The molecule has 2 N–H and O–H groups in total. The lowest BCUT2D eigenvalue weighted by atomic mass is 9.98. The highest BCUT2D eigenvalue weighted by atomic mass is 35.5. The molecule has 0 spiro atoms. The Kier molecular flexibility index (Phi) is 12.4. The molecular formula is C24H32Cl2N2O8S2. The van der Waals surface area contributed by atoms with Gasteiger partial charge in [-0.3, -0.25) is 4.79 Å². The first-order chi connectivity index (χ1) is 17.8. The van der Waals surface area contributed by atoms with Crippen LogP contribution in [0.25, 0.3) is 0 Å². The topological polar surface area (TPSA) is 145 Å². The zero-order chi connectivity index (χ0) is 28.6. The molecule has 0 saturated carbocycles. The van der Waals surface area contributed by atoms with Crippen molar-refractivity contribution in [1.29, 1.82) is 0 Å². The Bertz CT molecular complexity index is 1090. The van der Waals surface area contributed by atoms with Gasteiger partial charge in [0.25, 0.3) is 0 Å². The normalized spacial score (nSPS) is 15.0. The fourth-order valence-corrected chi connectivity index (χ4v) is 5.33. The molecule has 2 aromatic rings. The zero-order valence-corrected chi connectivity index (χ0v) is 24.8. The van der Waals surface area contributed by atoms with Gasteiger partial charge in [-0.2, -0.15) is 0 Å². The fraction of sp³-hybridized carbons (Fsp3) is 0.625. The number of nitrogens with zero attached hydrogens (tertiary/aromatic N) is 2. The number of thiazole rings is 2. The first-order valence-electron chi connectivity index (χ1n) is 11.8. The number of aromatic nitrogens is 2. The van der Waals surface area contributed by atoms with E-state index >= 15 is 0 Å². The van der Waals surface area contributed by atoms with Crippen molar-refractivity contribution in [3.63, 3.8) is 0 Å². The largest absolute Gasteiger partial charge is 0.464 e. The van der Waals surface area contributed by atoms with Crippen LogP contribution in [0.5, 0.6) is 0 Å². The molecular weight excluding hydrogens is 579 g/mol. The summed E-state index contributed by atoms with van der Waals surface area (Å²) in [6, 6.07) is 0. The van der Waals surface area contributed by atoms with Crippen molar-refractivity contribution in [1.82, 2.24) is 9.97 Å². The Morgan fingerprint density at radius 2 is 1.61 bits per heavy atom. The molecule has 0 bridgehead atoms. The number of aliphatic hydroxyl groups excluding tert-OH is 2. The van der Waals surface area contributed by atoms with E-state index in [9.17, 15) is 19.5 Å². The zero-order valence-electron chi connectivity index (χ0n) is 21.7. The molecule has 10 nitrogen and oxygen atoms in total. The number of alkyl halides is 2. The average molecular weight is 612 g/mol. The SMILES string of the molecule is COC(=O)c1csc([C@@H](OC(=O)[C@H](C)[C@H](CCCC(C)(Cl)Cl)OC(=O)c2csc([C@H](O)CO)n2)C(C)C)n1. The number of aliphatic hydroxyl groups is 2. The van der Waals surface area contributed by atoms with Gasteiger partial charge in [0.1, 0.15) is 26.6 Å². The lowest BCUT2D eigenvalue weighted by Crippen LogP contribution is -2.33. The van der Waals surface area contributed by atoms with E-state index in [0.29, 0.717) is 17.8 Å². The minimum absolute atomic E-state index is 0.0548. The molecule has 0 saturated heterocycles. The molecule has 2 rings (SSSR count). The average Bonchev–Trinajstić information content (AvgIpc) is 3.54. The lowest BCUT2D eigenvalue weighted by molar-refractivity contribution is -0.160. The van der Waals surface area contributed by atoms with Crippen LogP contribution in [0.1, 0.15) is 90.2 Å². The summed E-state index contributed by atoms with van der Waals surface area (Å²) < 4.78 is 15.2. The highest BCUT2D eigenvalue weighted by Crippen LogP contribution is 2.32. The van der Waals surface area contributed by atoms with E-state index in [1.54, 1.807) is 13.8 Å². The predicted octanol–water partition coefficient (Wildman–Crippen LogP) is 4.88. The molecule has 0 aliphatic rings. The first kappa shape index (κ1) is 32.4. The summed E-state index contributed by atoms with van der Waals surface area (Å²) in [5.41, 5.74) is 0.0639. The van der Waals surface area contributed by atoms with Gasteiger partial charge < -0.3 is 24.4 Å². The second-order valence-electron chi connectivity index (χ2n) is 9.13. The van der Waals surface area contributed by atoms with Crippen molar-refractivity contribution in [2.24, 2.45) is 11.8 Å². The first-order valence-corrected chi connectivity index (χ1v) is 14.4. The summed E-state index contributed by atoms with van der Waals surface area (Å²) in [4.78, 5) is 46.1. The van der Waals surface area contributed by atoms with Gasteiger partial charge in [0.15, 0.2) is 17.5 Å². The van der Waals surface area contributed by atoms with Crippen LogP contribution in [0.15, 0.2) is 10.8 Å². The van der Waals surface area contributed by atoms with E-state index in [1.807, 2.05) is 13.8 Å². The van der Waals surface area contributed by atoms with E-state index in [1.165, 1.54) is 29.2 Å². The van der Waals surface area contributed by atoms with Crippen LogP contribution < -0.4 is 0 Å². The third-order valence-electron chi connectivity index (χ3n) is 5.49. The second-order valence-corrected chi connectivity index (χ2v) is 12.8. The number of methoxy groups -OCH3 is 1. The molecule has 14 heteroatoms. The highest BCUT2D eigenvalue weighted by Gasteiger charge is 2.34. The van der Waals surface area contributed by atoms with E-state index in [4.69, 9.17) is 42.5 Å². The Morgan fingerprint density at radius 3 is 2.16 bits per heavy atom. The van der Waals surface area contributed by atoms with Crippen LogP contribution in [0, 0.1) is 11.8 Å². The smallest absolute Gasteiger partial charge is 0.358 e. The van der Waals surface area contributed by atoms with Crippen molar-refractivity contribution >= 4 is 63.8 Å². The van der Waals surface area contributed by atoms with E-state index in [2.05, 4.69) is 9.97 Å². The van der Waals surface area contributed by atoms with Crippen LogP contribution in [-0.2, 0) is 19.0 Å². The van der Waals surface area contributed by atoms with Crippen molar-refractivity contribution in [3.8, 4) is 0 Å². The van der Waals surface area contributed by atoms with Gasteiger partial charge in [-0.1, -0.05) is 13.8 Å². The summed E-state index contributed by atoms with van der Waals surface area (Å²) in [6.45, 7) is 6.38. The van der Waals surface area contributed by atoms with Crippen molar-refractivity contribution in [3.05, 3.63) is 32.2 Å². The number of hydrogen-bond acceptors (Lipinski definition) is 12. The third kappa shape index (κ3) is 9.42. The monoisotopic (exact) mass is 610 g/mol. The molecule has 0 aromatic carbocycles. The van der Waals surface area contributed by atoms with E-state index in [0.717, 1.165) is 11.3 Å². The number of carbonyl (C=O) groups is 3. The number of halogens is 2. The number of carbonyl (C=O) groups excluding carboxylic acids is 3. The summed E-state index contributed by atoms with van der Waals surface area (Å²) in [5, 5.41) is 22.4. The molecule has 0 aliphatic heterocycles. The standard InChI is InChI=1S/C24H32Cl2N2O8S2/c1-12(2)18(20-28-14(10-38-20)22(32)34-5)36-21(31)13(3)17(7-6-8-24(4,25)26)35-23(33)15-11-37-19(27-15)16(30)9-29/h10-13,16-18,29-30H,6-9H2,1-5H3/t13-,16-,17+,18+/m1/s1. The van der Waals surface area contributed by atoms with E-state index in [-0.39, 0.29) is 28.7 Å². The Labute approximate surface area is 239 Å². The van der Waals surface area contributed by atoms with Crippen molar-refractivity contribution in [2.75, 3.05) is 13.7 Å². The van der Waals surface area contributed by atoms with Crippen molar-refractivity contribution in [2.45, 2.75) is 69.6 Å². The summed E-state index contributed by atoms with van der Waals surface area (Å²) in [6.07, 6.45) is -1.74. The third-order valence-corrected chi connectivity index (χ3v) is 7.72. The molecule has 0 fully saturated rings. The maximum atomic E-state index is 13.2. The van der Waals surface area contributed by atoms with Gasteiger partial charge in [-0.05, 0) is 39.0 Å². The molecule has 0 amide bonds. The minimum Gasteiger partial charge on any atom is -0.464 e. The maximum absolute atomic E-state index is 13.2. The number of esters is 3. The Morgan fingerprint density at radius 1 is 1.03 bits per heavy atom. The van der Waals surface area contributed by atoms with Gasteiger partial charge in [-0.25, -0.2) is 19.6 Å². The summed E-state index contributed by atoms with van der Waals surface area (Å²) in [5.74, 6) is -3.04. The van der Waals surface area contributed by atoms with Crippen LogP contribution >= 0.6 is 45.9 Å². The van der Waals surface area contributed by atoms with Crippen LogP contribution in [0.2, 0.25) is 0 Å². The molecule has 4 atom stereocenters. The Hall–Kier alpha value is -1.83. The van der Waals surface area contributed by atoms with Gasteiger partial charge >= 0.3 is 17.9 Å². The predicted molar refractivity (Wildman–Crippen MR) is 144 cm³/mol. The molecule has 2 heterocycles. The molecule has 212 valence electrons. The lowest BCUT2D eigenvalue weighted by Gasteiger charge is -2.26. The number of hydrogen-bond donors (Lipinski definition) is 2. The summed E-state index contributed by atoms with van der Waals surface area (Å²) >= 11 is 14.3. The molecule has 2 aromatic heterocycles. The Balaban J connectivity index is 2.20. The molecule has 0 unspecified atom stereocenters. The van der Waals surface area contributed by atoms with Gasteiger partial charge in [-0.15, -0.1) is 45.9 Å². The number of ether oxygens (including phenoxy) is 3. The van der Waals surface area contributed by atoms with Gasteiger partial charge in [0.2, 0.25) is 0 Å². The van der Waals surface area contributed by atoms with Crippen LogP contribution in [0.4, 0.5) is 0 Å². The summed E-state index contributed by atoms with van der Waals surface area (Å²) in [7, 11) is 1.25. The van der Waals surface area contributed by atoms with Gasteiger partial charge in [0, 0.05) is 10.8 Å². The van der Waals surface area contributed by atoms with E-state index < -0.39 is 53.1 Å². The molecule has 0 aliphatic carbocycles.